The van der Waals surface area contributed by atoms with Gasteiger partial charge in [0.25, 0.3) is 0 Å². The second-order valence-corrected chi connectivity index (χ2v) is 7.14. The van der Waals surface area contributed by atoms with E-state index in [9.17, 15) is 14.4 Å². The summed E-state index contributed by atoms with van der Waals surface area (Å²) >= 11 is 6.46. The number of Topliss-reactive ketones (excluding diaryl/α,β-unsaturated/α-hetero) is 1. The van der Waals surface area contributed by atoms with Gasteiger partial charge in [0.05, 0.1) is 10.7 Å². The third-order valence-corrected chi connectivity index (χ3v) is 5.50. The second kappa shape index (κ2) is 7.04. The molecule has 1 aromatic rings. The minimum atomic E-state index is -0.422. The zero-order valence-corrected chi connectivity index (χ0v) is 15.0. The number of para-hydroxylation sites is 1. The number of carbonyl (C=O) groups excluding carboxylic acids is 3. The maximum Gasteiger partial charge on any atom is 0.221 e. The average molecular weight is 364 g/mol. The van der Waals surface area contributed by atoms with Crippen molar-refractivity contribution < 1.29 is 14.4 Å². The summed E-state index contributed by atoms with van der Waals surface area (Å²) in [5, 5.41) is 0.587. The van der Waals surface area contributed by atoms with Gasteiger partial charge in [-0.05, 0) is 18.1 Å². The van der Waals surface area contributed by atoms with Crippen LogP contribution >= 0.6 is 11.6 Å². The molecule has 0 unspecified atom stereocenters. The van der Waals surface area contributed by atoms with Crippen LogP contribution in [-0.2, 0) is 14.4 Å². The Morgan fingerprint density at radius 1 is 1.20 bits per heavy atom. The topological polar surface area (TPSA) is 83.7 Å². The van der Waals surface area contributed by atoms with Crippen LogP contribution in [0.1, 0.15) is 31.2 Å². The monoisotopic (exact) mass is 363 g/mol. The summed E-state index contributed by atoms with van der Waals surface area (Å²) in [5.74, 6) is -1.07. The Morgan fingerprint density at radius 3 is 2.44 bits per heavy atom. The molecular formula is C18H22ClN3O3. The SMILES string of the molecule is CC(=O)N1CCN(c2c(Cl)cccc2[C@@H]2C[C@@H](C(N)=O)CC2=O)CC1. The van der Waals surface area contributed by atoms with E-state index >= 15 is 0 Å². The molecule has 0 spiro atoms. The van der Waals surface area contributed by atoms with E-state index in [0.717, 1.165) is 11.3 Å². The van der Waals surface area contributed by atoms with Crippen LogP contribution in [0.5, 0.6) is 0 Å². The van der Waals surface area contributed by atoms with E-state index in [4.69, 9.17) is 17.3 Å². The van der Waals surface area contributed by atoms with Crippen molar-refractivity contribution in [2.24, 2.45) is 11.7 Å². The van der Waals surface area contributed by atoms with Crippen molar-refractivity contribution >= 4 is 34.9 Å². The van der Waals surface area contributed by atoms with Crippen LogP contribution < -0.4 is 10.6 Å². The zero-order valence-electron chi connectivity index (χ0n) is 14.2. The van der Waals surface area contributed by atoms with Gasteiger partial charge in [0.15, 0.2) is 0 Å². The Kier molecular flexibility index (Phi) is 4.99. The molecule has 2 amide bonds. The van der Waals surface area contributed by atoms with E-state index < -0.39 is 11.8 Å². The molecule has 6 nitrogen and oxygen atoms in total. The number of ketones is 1. The first-order valence-corrected chi connectivity index (χ1v) is 8.87. The number of hydrogen-bond donors (Lipinski definition) is 1. The number of rotatable bonds is 3. The van der Waals surface area contributed by atoms with E-state index in [-0.39, 0.29) is 24.0 Å². The molecule has 1 heterocycles. The van der Waals surface area contributed by atoms with Crippen molar-refractivity contribution in [1.82, 2.24) is 4.90 Å². The van der Waals surface area contributed by atoms with Crippen molar-refractivity contribution in [3.8, 4) is 0 Å². The fourth-order valence-electron chi connectivity index (χ4n) is 3.79. The fraction of sp³-hybridized carbons (Fsp3) is 0.500. The molecular weight excluding hydrogens is 342 g/mol. The lowest BCUT2D eigenvalue weighted by atomic mass is 9.93. The molecule has 2 fully saturated rings. The van der Waals surface area contributed by atoms with Crippen molar-refractivity contribution in [2.75, 3.05) is 31.1 Å². The minimum absolute atomic E-state index is 0.0367. The van der Waals surface area contributed by atoms with Gasteiger partial charge < -0.3 is 15.5 Å². The number of anilines is 1. The van der Waals surface area contributed by atoms with Gasteiger partial charge in [-0.1, -0.05) is 23.7 Å². The Bertz CT molecular complexity index is 714. The summed E-state index contributed by atoms with van der Waals surface area (Å²) < 4.78 is 0. The smallest absolute Gasteiger partial charge is 0.221 e. The van der Waals surface area contributed by atoms with E-state index in [1.54, 1.807) is 11.8 Å². The van der Waals surface area contributed by atoms with Gasteiger partial charge in [-0.2, -0.15) is 0 Å². The highest BCUT2D eigenvalue weighted by atomic mass is 35.5. The van der Waals surface area contributed by atoms with Gasteiger partial charge >= 0.3 is 0 Å². The van der Waals surface area contributed by atoms with E-state index in [1.807, 2.05) is 18.2 Å². The van der Waals surface area contributed by atoms with Gasteiger partial charge in [0.1, 0.15) is 5.78 Å². The van der Waals surface area contributed by atoms with Crippen LogP contribution in [-0.4, -0.2) is 48.7 Å². The standard InChI is InChI=1S/C18H22ClN3O3/c1-11(23)21-5-7-22(8-6-21)17-13(3-2-4-15(17)19)14-9-12(18(20)25)10-16(14)24/h2-4,12,14H,5-10H2,1H3,(H2,20,25)/t12-,14+/m1/s1. The maximum absolute atomic E-state index is 12.5. The number of benzene rings is 1. The highest BCUT2D eigenvalue weighted by Crippen LogP contribution is 2.42. The van der Waals surface area contributed by atoms with Crippen molar-refractivity contribution in [3.63, 3.8) is 0 Å². The lowest BCUT2D eigenvalue weighted by molar-refractivity contribution is -0.129. The lowest BCUT2D eigenvalue weighted by Crippen LogP contribution is -2.48. The summed E-state index contributed by atoms with van der Waals surface area (Å²) in [7, 11) is 0. The van der Waals surface area contributed by atoms with E-state index in [2.05, 4.69) is 4.90 Å². The highest BCUT2D eigenvalue weighted by Gasteiger charge is 2.38. The number of nitrogens with zero attached hydrogens (tertiary/aromatic N) is 2. The van der Waals surface area contributed by atoms with Crippen LogP contribution in [0.15, 0.2) is 18.2 Å². The molecule has 1 saturated heterocycles. The highest BCUT2D eigenvalue weighted by molar-refractivity contribution is 6.33. The maximum atomic E-state index is 12.5. The molecule has 1 aliphatic heterocycles. The first kappa shape index (κ1) is 17.7. The first-order valence-electron chi connectivity index (χ1n) is 8.49. The van der Waals surface area contributed by atoms with Crippen LogP contribution in [0.2, 0.25) is 5.02 Å². The lowest BCUT2D eigenvalue weighted by Gasteiger charge is -2.37. The molecule has 2 N–H and O–H groups in total. The molecule has 0 bridgehead atoms. The van der Waals surface area contributed by atoms with Gasteiger partial charge in [-0.3, -0.25) is 14.4 Å². The number of halogens is 1. The second-order valence-electron chi connectivity index (χ2n) is 6.73. The molecule has 0 radical (unpaired) electrons. The molecule has 1 saturated carbocycles. The molecule has 1 aliphatic carbocycles. The van der Waals surface area contributed by atoms with Crippen molar-refractivity contribution in [2.45, 2.75) is 25.7 Å². The van der Waals surface area contributed by atoms with Crippen LogP contribution in [0.3, 0.4) is 0 Å². The van der Waals surface area contributed by atoms with Crippen molar-refractivity contribution in [1.29, 1.82) is 0 Å². The van der Waals surface area contributed by atoms with Gasteiger partial charge in [0.2, 0.25) is 11.8 Å². The normalized spacial score (nSPS) is 23.8. The molecule has 3 rings (SSSR count). The minimum Gasteiger partial charge on any atom is -0.369 e. The number of primary amides is 1. The Hall–Kier alpha value is -2.08. The molecule has 1 aromatic carbocycles. The Labute approximate surface area is 151 Å². The van der Waals surface area contributed by atoms with Crippen molar-refractivity contribution in [3.05, 3.63) is 28.8 Å². The summed E-state index contributed by atoms with van der Waals surface area (Å²) in [5.41, 5.74) is 7.09. The van der Waals surface area contributed by atoms with Gasteiger partial charge in [-0.15, -0.1) is 0 Å². The van der Waals surface area contributed by atoms with Gasteiger partial charge in [-0.25, -0.2) is 0 Å². The zero-order chi connectivity index (χ0) is 18.1. The quantitative estimate of drug-likeness (QED) is 0.883. The summed E-state index contributed by atoms with van der Waals surface area (Å²) in [6, 6.07) is 5.55. The predicted molar refractivity (Wildman–Crippen MR) is 95.6 cm³/mol. The summed E-state index contributed by atoms with van der Waals surface area (Å²) in [4.78, 5) is 39.4. The molecule has 2 aliphatic rings. The third-order valence-electron chi connectivity index (χ3n) is 5.19. The van der Waals surface area contributed by atoms with Crippen LogP contribution in [0.4, 0.5) is 5.69 Å². The fourth-order valence-corrected chi connectivity index (χ4v) is 4.09. The Balaban J connectivity index is 1.87. The molecule has 134 valence electrons. The summed E-state index contributed by atoms with van der Waals surface area (Å²) in [6.45, 7) is 4.15. The summed E-state index contributed by atoms with van der Waals surface area (Å²) in [6.07, 6.45) is 0.638. The Morgan fingerprint density at radius 2 is 1.88 bits per heavy atom. The molecule has 7 heteroatoms. The van der Waals surface area contributed by atoms with E-state index in [0.29, 0.717) is 37.6 Å². The molecule has 0 aromatic heterocycles. The first-order chi connectivity index (χ1) is 11.9. The average Bonchev–Trinajstić information content (AvgIpc) is 2.97. The molecule has 2 atom stereocenters. The van der Waals surface area contributed by atoms with Gasteiger partial charge in [0, 0.05) is 51.4 Å². The molecule has 25 heavy (non-hydrogen) atoms. The number of nitrogens with two attached hydrogens (primary N) is 1. The number of amides is 2. The number of piperazine rings is 1. The predicted octanol–water partition coefficient (Wildman–Crippen LogP) is 1.56. The van der Waals surface area contributed by atoms with Crippen LogP contribution in [0.25, 0.3) is 0 Å². The largest absolute Gasteiger partial charge is 0.369 e. The third kappa shape index (κ3) is 3.49. The number of carbonyl (C=O) groups is 3. The number of hydrogen-bond acceptors (Lipinski definition) is 4. The van der Waals surface area contributed by atoms with E-state index in [1.165, 1.54) is 0 Å². The van der Waals surface area contributed by atoms with Crippen LogP contribution in [0, 0.1) is 5.92 Å².